The first-order chi connectivity index (χ1) is 11.3. The van der Waals surface area contributed by atoms with Crippen LogP contribution in [0.25, 0.3) is 0 Å². The van der Waals surface area contributed by atoms with Crippen LogP contribution >= 0.6 is 47.8 Å². The molecule has 0 saturated carbocycles. The second kappa shape index (κ2) is 11.1. The van der Waals surface area contributed by atoms with Crippen LogP contribution in [0.5, 0.6) is 0 Å². The highest BCUT2D eigenvalue weighted by Crippen LogP contribution is 2.22. The van der Waals surface area contributed by atoms with Crippen molar-refractivity contribution < 1.29 is 18.7 Å². The molecule has 0 amide bonds. The van der Waals surface area contributed by atoms with Crippen LogP contribution in [0.2, 0.25) is 0 Å². The fourth-order valence-electron chi connectivity index (χ4n) is 1.26. The molecular weight excluding hydrogens is 530 g/mol. The van der Waals surface area contributed by atoms with Gasteiger partial charge in [0.15, 0.2) is 5.82 Å². The molecule has 2 rings (SSSR count). The lowest BCUT2D eigenvalue weighted by molar-refractivity contribution is -0.114. The lowest BCUT2D eigenvalue weighted by atomic mass is 10.0. The summed E-state index contributed by atoms with van der Waals surface area (Å²) in [5.41, 5.74) is -1.17. The average Bonchev–Trinajstić information content (AvgIpc) is 2.41. The number of aliphatic hydroxyl groups is 1. The highest BCUT2D eigenvalue weighted by atomic mass is 79.9. The quantitative estimate of drug-likeness (QED) is 0.476. The van der Waals surface area contributed by atoms with Crippen molar-refractivity contribution >= 4 is 53.6 Å². The van der Waals surface area contributed by atoms with Crippen molar-refractivity contribution in [3.8, 4) is 0 Å². The summed E-state index contributed by atoms with van der Waals surface area (Å²) >= 11 is 9.07. The number of aromatic nitrogens is 2. The molecule has 0 unspecified atom stereocenters. The minimum atomic E-state index is -1.23. The zero-order valence-electron chi connectivity index (χ0n) is 13.9. The molecule has 9 heteroatoms. The van der Waals surface area contributed by atoms with Crippen molar-refractivity contribution in [3.63, 3.8) is 0 Å². The minimum Gasteiger partial charge on any atom is -0.384 e. The van der Waals surface area contributed by atoms with Crippen molar-refractivity contribution in [3.05, 3.63) is 55.4 Å². The number of nitrogens with zero attached hydrogens (tertiary/aromatic N) is 2. The SMILES string of the molecule is CC(C)(O)c1ncc(Br)cc1F.CC(C)=O.Fc1cc(Br)cnc1Br. The van der Waals surface area contributed by atoms with E-state index >= 15 is 0 Å². The Balaban J connectivity index is 0.000000391. The number of Topliss-reactive ketones (excluding diaryl/α,β-unsaturated/α-hetero) is 1. The number of hydrogen-bond acceptors (Lipinski definition) is 4. The number of halogens is 5. The lowest BCUT2D eigenvalue weighted by Crippen LogP contribution is -2.19. The summed E-state index contributed by atoms with van der Waals surface area (Å²) in [5, 5.41) is 9.44. The summed E-state index contributed by atoms with van der Waals surface area (Å²) in [6, 6.07) is 2.62. The molecule has 0 saturated heterocycles. The Kier molecular flexibility index (Phi) is 10.7. The predicted molar refractivity (Wildman–Crippen MR) is 103 cm³/mol. The first-order valence-corrected chi connectivity index (χ1v) is 9.20. The number of hydrogen-bond donors (Lipinski definition) is 1. The Morgan fingerprint density at radius 2 is 1.40 bits per heavy atom. The summed E-state index contributed by atoms with van der Waals surface area (Å²) in [4.78, 5) is 16.9. The molecule has 0 aromatic carbocycles. The van der Waals surface area contributed by atoms with Crippen LogP contribution in [-0.4, -0.2) is 20.9 Å². The zero-order chi connectivity index (χ0) is 19.8. The van der Waals surface area contributed by atoms with Crippen LogP contribution in [-0.2, 0) is 10.4 Å². The van der Waals surface area contributed by atoms with Crippen LogP contribution in [0, 0.1) is 11.6 Å². The molecule has 0 aliphatic rings. The molecule has 0 atom stereocenters. The second-order valence-corrected chi connectivity index (χ2v) is 7.96. The molecule has 138 valence electrons. The van der Waals surface area contributed by atoms with Gasteiger partial charge in [0.25, 0.3) is 0 Å². The summed E-state index contributed by atoms with van der Waals surface area (Å²) in [6.07, 6.45) is 2.98. The predicted octanol–water partition coefficient (Wildman–Crippen LogP) is 5.55. The first kappa shape index (κ1) is 24.2. The fraction of sp³-hybridized carbons (Fsp3) is 0.312. The number of carbonyl (C=O) groups is 1. The standard InChI is InChI=1S/C8H9BrFNO.C5H2Br2FN.C3H6O/c1-8(2,12)7-6(10)3-5(9)4-11-7;6-3-1-4(8)5(7)9-2-3;1-3(2)4/h3-4,12H,1-2H3;1-2H;1-2H3. The van der Waals surface area contributed by atoms with Crippen LogP contribution < -0.4 is 0 Å². The van der Waals surface area contributed by atoms with Crippen molar-refractivity contribution in [2.75, 3.05) is 0 Å². The Morgan fingerprint density at radius 3 is 1.72 bits per heavy atom. The van der Waals surface area contributed by atoms with Gasteiger partial charge >= 0.3 is 0 Å². The van der Waals surface area contributed by atoms with E-state index in [1.807, 2.05) is 0 Å². The van der Waals surface area contributed by atoms with E-state index < -0.39 is 11.4 Å². The number of rotatable bonds is 1. The Hall–Kier alpha value is -0.770. The maximum atomic E-state index is 13.1. The Morgan fingerprint density at radius 1 is 1.00 bits per heavy atom. The molecule has 2 aromatic heterocycles. The van der Waals surface area contributed by atoms with E-state index in [0.717, 1.165) is 0 Å². The lowest BCUT2D eigenvalue weighted by Gasteiger charge is -2.16. The van der Waals surface area contributed by atoms with Gasteiger partial charge < -0.3 is 9.90 Å². The number of pyridine rings is 2. The Labute approximate surface area is 170 Å². The topological polar surface area (TPSA) is 63.1 Å². The smallest absolute Gasteiger partial charge is 0.157 e. The minimum absolute atomic E-state index is 0.0608. The van der Waals surface area contributed by atoms with Gasteiger partial charge in [0.1, 0.15) is 27.5 Å². The van der Waals surface area contributed by atoms with E-state index in [4.69, 9.17) is 0 Å². The summed E-state index contributed by atoms with van der Waals surface area (Å²) in [6.45, 7) is 6.04. The van der Waals surface area contributed by atoms with Crippen molar-refractivity contribution in [2.45, 2.75) is 33.3 Å². The van der Waals surface area contributed by atoms with Crippen LogP contribution in [0.15, 0.2) is 38.1 Å². The van der Waals surface area contributed by atoms with E-state index in [9.17, 15) is 18.7 Å². The zero-order valence-corrected chi connectivity index (χ0v) is 18.7. The fourth-order valence-corrected chi connectivity index (χ4v) is 2.09. The van der Waals surface area contributed by atoms with Crippen molar-refractivity contribution in [1.82, 2.24) is 9.97 Å². The van der Waals surface area contributed by atoms with Gasteiger partial charge in [-0.3, -0.25) is 4.98 Å². The molecule has 0 spiro atoms. The van der Waals surface area contributed by atoms with Crippen molar-refractivity contribution in [1.29, 1.82) is 0 Å². The molecular formula is C16H17Br3F2N2O2. The van der Waals surface area contributed by atoms with Gasteiger partial charge in [0.05, 0.1) is 0 Å². The number of ketones is 1. The molecule has 0 fully saturated rings. The first-order valence-electron chi connectivity index (χ1n) is 6.82. The van der Waals surface area contributed by atoms with Crippen LogP contribution in [0.4, 0.5) is 8.78 Å². The molecule has 25 heavy (non-hydrogen) atoms. The highest BCUT2D eigenvalue weighted by Gasteiger charge is 2.22. The summed E-state index contributed by atoms with van der Waals surface area (Å²) in [5.74, 6) is -0.693. The molecule has 2 aromatic rings. The van der Waals surface area contributed by atoms with E-state index in [-0.39, 0.29) is 21.9 Å². The van der Waals surface area contributed by atoms with Gasteiger partial charge in [0, 0.05) is 21.3 Å². The Bertz CT molecular complexity index is 719. The maximum absolute atomic E-state index is 13.1. The van der Waals surface area contributed by atoms with E-state index in [0.29, 0.717) is 8.95 Å². The average molecular weight is 547 g/mol. The third-order valence-corrected chi connectivity index (χ3v) is 3.60. The molecule has 0 aliphatic heterocycles. The summed E-state index contributed by atoms with van der Waals surface area (Å²) < 4.78 is 27.0. The van der Waals surface area contributed by atoms with Gasteiger partial charge in [-0.2, -0.15) is 0 Å². The van der Waals surface area contributed by atoms with Gasteiger partial charge in [-0.15, -0.1) is 0 Å². The third kappa shape index (κ3) is 10.7. The molecule has 2 heterocycles. The molecule has 0 aliphatic carbocycles. The number of carbonyl (C=O) groups excluding carboxylic acids is 1. The van der Waals surface area contributed by atoms with E-state index in [1.54, 1.807) is 0 Å². The monoisotopic (exact) mass is 544 g/mol. The van der Waals surface area contributed by atoms with E-state index in [1.165, 1.54) is 52.2 Å². The molecule has 4 nitrogen and oxygen atoms in total. The van der Waals surface area contributed by atoms with Crippen molar-refractivity contribution in [2.24, 2.45) is 0 Å². The van der Waals surface area contributed by atoms with Crippen LogP contribution in [0.3, 0.4) is 0 Å². The molecule has 0 radical (unpaired) electrons. The van der Waals surface area contributed by atoms with Gasteiger partial charge in [-0.05, 0) is 87.6 Å². The second-order valence-electron chi connectivity index (χ2n) is 5.38. The van der Waals surface area contributed by atoms with Crippen LogP contribution in [0.1, 0.15) is 33.4 Å². The highest BCUT2D eigenvalue weighted by molar-refractivity contribution is 9.11. The van der Waals surface area contributed by atoms with Gasteiger partial charge in [-0.25, -0.2) is 13.8 Å². The molecule has 0 bridgehead atoms. The maximum Gasteiger partial charge on any atom is 0.157 e. The normalized spacial score (nSPS) is 10.2. The molecule has 1 N–H and O–H groups in total. The summed E-state index contributed by atoms with van der Waals surface area (Å²) in [7, 11) is 0. The largest absolute Gasteiger partial charge is 0.384 e. The van der Waals surface area contributed by atoms with Gasteiger partial charge in [0.2, 0.25) is 0 Å². The third-order valence-electron chi connectivity index (χ3n) is 2.15. The van der Waals surface area contributed by atoms with Gasteiger partial charge in [-0.1, -0.05) is 0 Å². The van der Waals surface area contributed by atoms with E-state index in [2.05, 4.69) is 57.8 Å².